The predicted molar refractivity (Wildman–Crippen MR) is 132 cm³/mol. The highest BCUT2D eigenvalue weighted by Gasteiger charge is 2.19. The van der Waals surface area contributed by atoms with Crippen molar-refractivity contribution in [3.8, 4) is 5.69 Å². The van der Waals surface area contributed by atoms with Crippen LogP contribution in [0, 0.1) is 5.82 Å². The van der Waals surface area contributed by atoms with Crippen molar-refractivity contribution in [2.45, 2.75) is 19.8 Å². The van der Waals surface area contributed by atoms with Gasteiger partial charge in [0.1, 0.15) is 24.0 Å². The molecular weight excluding hydrogens is 461 g/mol. The molecule has 0 bridgehead atoms. The molecule has 0 saturated carbocycles. The van der Waals surface area contributed by atoms with Gasteiger partial charge in [-0.2, -0.15) is 4.68 Å². The van der Waals surface area contributed by atoms with Gasteiger partial charge in [0.15, 0.2) is 11.5 Å². The molecule has 5 aromatic rings. The van der Waals surface area contributed by atoms with E-state index in [2.05, 4.69) is 58.7 Å². The Bertz CT molecular complexity index is 1540. The lowest BCUT2D eigenvalue weighted by Gasteiger charge is -2.26. The van der Waals surface area contributed by atoms with Gasteiger partial charge in [0.25, 0.3) is 0 Å². The Balaban J connectivity index is 1.23. The van der Waals surface area contributed by atoms with Crippen LogP contribution >= 0.6 is 0 Å². The van der Waals surface area contributed by atoms with Crippen LogP contribution in [0.15, 0.2) is 61.7 Å². The second kappa shape index (κ2) is 9.13. The zero-order valence-corrected chi connectivity index (χ0v) is 19.5. The number of aryl methyl sites for hydroxylation is 1. The molecule has 180 valence electrons. The second-order valence-corrected chi connectivity index (χ2v) is 8.36. The van der Waals surface area contributed by atoms with Gasteiger partial charge in [0, 0.05) is 31.2 Å². The monoisotopic (exact) mass is 483 g/mol. The molecule has 1 N–H and O–H groups in total. The van der Waals surface area contributed by atoms with Gasteiger partial charge in [0.2, 0.25) is 5.95 Å². The highest BCUT2D eigenvalue weighted by Crippen LogP contribution is 2.28. The maximum absolute atomic E-state index is 14.7. The first-order valence-corrected chi connectivity index (χ1v) is 11.6. The number of nitrogens with one attached hydrogen (secondary N) is 1. The van der Waals surface area contributed by atoms with E-state index in [9.17, 15) is 4.39 Å². The third-order valence-electron chi connectivity index (χ3n) is 6.17. The van der Waals surface area contributed by atoms with Crippen LogP contribution in [0.5, 0.6) is 0 Å². The van der Waals surface area contributed by atoms with Gasteiger partial charge in [-0.05, 0) is 52.6 Å². The summed E-state index contributed by atoms with van der Waals surface area (Å²) in [6, 6.07) is 4.75. The number of rotatable bonds is 6. The molecule has 1 aliphatic rings. The standard InChI is InChI=1S/C24H22FN11/c1-2-16-10-28-24(29-11-16)34-7-5-17(6-8-34)22-13-27-23-20(12-26-14-35(22)23)31-18-3-4-21(19(25)9-18)36-15-30-32-33-36/h3-5,9-15,31H,2,6-8H2,1H3. The van der Waals surface area contributed by atoms with Crippen molar-refractivity contribution in [1.82, 2.24) is 44.5 Å². The Hall–Kier alpha value is -4.74. The van der Waals surface area contributed by atoms with Crippen LogP contribution in [-0.2, 0) is 6.42 Å². The average Bonchev–Trinajstić information content (AvgIpc) is 3.60. The quantitative estimate of drug-likeness (QED) is 0.389. The largest absolute Gasteiger partial charge is 0.351 e. The molecule has 0 unspecified atom stereocenters. The Labute approximate surface area is 205 Å². The summed E-state index contributed by atoms with van der Waals surface area (Å²) in [4.78, 5) is 20.2. The van der Waals surface area contributed by atoms with Crippen LogP contribution in [-0.4, -0.2) is 57.6 Å². The highest BCUT2D eigenvalue weighted by molar-refractivity contribution is 5.76. The van der Waals surface area contributed by atoms with Crippen LogP contribution in [0.2, 0.25) is 0 Å². The minimum Gasteiger partial charge on any atom is -0.351 e. The van der Waals surface area contributed by atoms with E-state index in [1.165, 1.54) is 22.6 Å². The first kappa shape index (κ1) is 21.8. The summed E-state index contributed by atoms with van der Waals surface area (Å²) in [5.74, 6) is 0.286. The molecule has 5 heterocycles. The van der Waals surface area contributed by atoms with Gasteiger partial charge >= 0.3 is 0 Å². The van der Waals surface area contributed by atoms with E-state index in [4.69, 9.17) is 0 Å². The summed E-state index contributed by atoms with van der Waals surface area (Å²) >= 11 is 0. The van der Waals surface area contributed by atoms with Crippen molar-refractivity contribution in [3.05, 3.63) is 78.8 Å². The van der Waals surface area contributed by atoms with Gasteiger partial charge in [-0.3, -0.25) is 4.40 Å². The van der Waals surface area contributed by atoms with E-state index < -0.39 is 5.82 Å². The summed E-state index contributed by atoms with van der Waals surface area (Å²) < 4.78 is 17.9. The maximum Gasteiger partial charge on any atom is 0.225 e. The van der Waals surface area contributed by atoms with Crippen LogP contribution in [0.1, 0.15) is 24.6 Å². The van der Waals surface area contributed by atoms with Crippen LogP contribution in [0.4, 0.5) is 21.7 Å². The number of fused-ring (bicyclic) bond motifs is 1. The average molecular weight is 484 g/mol. The highest BCUT2D eigenvalue weighted by atomic mass is 19.1. The molecule has 11 nitrogen and oxygen atoms in total. The Morgan fingerprint density at radius 1 is 1.06 bits per heavy atom. The first-order valence-electron chi connectivity index (χ1n) is 11.6. The van der Waals surface area contributed by atoms with Crippen molar-refractivity contribution in [2.75, 3.05) is 23.3 Å². The molecule has 36 heavy (non-hydrogen) atoms. The number of hydrogen-bond acceptors (Lipinski definition) is 9. The van der Waals surface area contributed by atoms with Gasteiger partial charge in [-0.15, -0.1) is 5.10 Å². The molecule has 0 atom stereocenters. The van der Waals surface area contributed by atoms with E-state index in [-0.39, 0.29) is 5.69 Å². The van der Waals surface area contributed by atoms with E-state index in [1.54, 1.807) is 24.7 Å². The summed E-state index contributed by atoms with van der Waals surface area (Å²) in [7, 11) is 0. The van der Waals surface area contributed by atoms with E-state index in [1.807, 2.05) is 23.0 Å². The minimum atomic E-state index is -0.457. The van der Waals surface area contributed by atoms with Gasteiger partial charge in [-0.25, -0.2) is 24.3 Å². The zero-order chi connectivity index (χ0) is 24.5. The molecule has 0 radical (unpaired) electrons. The number of anilines is 3. The molecule has 0 spiro atoms. The number of nitrogens with zero attached hydrogens (tertiary/aromatic N) is 10. The Morgan fingerprint density at radius 2 is 1.94 bits per heavy atom. The summed E-state index contributed by atoms with van der Waals surface area (Å²) in [5.41, 5.74) is 5.47. The smallest absolute Gasteiger partial charge is 0.225 e. The van der Waals surface area contributed by atoms with Crippen molar-refractivity contribution >= 4 is 28.5 Å². The van der Waals surface area contributed by atoms with Crippen molar-refractivity contribution < 1.29 is 4.39 Å². The Morgan fingerprint density at radius 3 is 2.67 bits per heavy atom. The van der Waals surface area contributed by atoms with E-state index >= 15 is 0 Å². The molecule has 1 aliphatic heterocycles. The molecule has 0 aliphatic carbocycles. The number of imidazole rings is 1. The van der Waals surface area contributed by atoms with Crippen LogP contribution in [0.25, 0.3) is 16.9 Å². The van der Waals surface area contributed by atoms with Gasteiger partial charge < -0.3 is 10.2 Å². The van der Waals surface area contributed by atoms with Gasteiger partial charge in [0.05, 0.1) is 18.1 Å². The molecule has 6 rings (SSSR count). The number of benzene rings is 1. The molecular formula is C24H22FN11. The Kier molecular flexibility index (Phi) is 5.52. The van der Waals surface area contributed by atoms with E-state index in [0.29, 0.717) is 23.6 Å². The summed E-state index contributed by atoms with van der Waals surface area (Å²) in [5, 5.41) is 14.1. The minimum absolute atomic E-state index is 0.259. The molecule has 12 heteroatoms. The maximum atomic E-state index is 14.7. The van der Waals surface area contributed by atoms with Crippen LogP contribution in [0.3, 0.4) is 0 Å². The summed E-state index contributed by atoms with van der Waals surface area (Å²) in [6.45, 7) is 3.61. The van der Waals surface area contributed by atoms with Gasteiger partial charge in [-0.1, -0.05) is 13.0 Å². The van der Waals surface area contributed by atoms with Crippen molar-refractivity contribution in [2.24, 2.45) is 0 Å². The second-order valence-electron chi connectivity index (χ2n) is 8.36. The zero-order valence-electron chi connectivity index (χ0n) is 19.5. The fourth-order valence-electron chi connectivity index (χ4n) is 4.21. The molecule has 0 amide bonds. The molecule has 4 aromatic heterocycles. The third-order valence-corrected chi connectivity index (χ3v) is 6.17. The number of tetrazole rings is 1. The van der Waals surface area contributed by atoms with Crippen molar-refractivity contribution in [1.29, 1.82) is 0 Å². The molecule has 0 fully saturated rings. The number of aromatic nitrogens is 9. The first-order chi connectivity index (χ1) is 17.7. The topological polar surface area (TPSA) is 115 Å². The third kappa shape index (κ3) is 4.02. The fraction of sp³-hybridized carbons (Fsp3) is 0.208. The van der Waals surface area contributed by atoms with Crippen LogP contribution < -0.4 is 10.2 Å². The lowest BCUT2D eigenvalue weighted by molar-refractivity contribution is 0.607. The lowest BCUT2D eigenvalue weighted by Crippen LogP contribution is -2.30. The molecule has 1 aromatic carbocycles. The fourth-order valence-corrected chi connectivity index (χ4v) is 4.21. The van der Waals surface area contributed by atoms with E-state index in [0.717, 1.165) is 36.6 Å². The van der Waals surface area contributed by atoms with Crippen molar-refractivity contribution in [3.63, 3.8) is 0 Å². The molecule has 0 saturated heterocycles. The number of hydrogen-bond donors (Lipinski definition) is 1. The summed E-state index contributed by atoms with van der Waals surface area (Å²) in [6.07, 6.45) is 14.3. The lowest BCUT2D eigenvalue weighted by atomic mass is 10.1. The predicted octanol–water partition coefficient (Wildman–Crippen LogP) is 3.23. The number of halogens is 1. The normalized spacial score (nSPS) is 13.7. The SMILES string of the molecule is CCc1cnc(N2CC=C(c3cnc4c(Nc5ccc(-n6cnnn6)c(F)c5)cncn34)CC2)nc1.